The molecule has 0 saturated heterocycles. The lowest BCUT2D eigenvalue weighted by Crippen LogP contribution is -1.89. The smallest absolute Gasteiger partial charge is 0.213 e. The van der Waals surface area contributed by atoms with E-state index in [1.807, 2.05) is 18.2 Å². The summed E-state index contributed by atoms with van der Waals surface area (Å²) in [5.74, 6) is 0.748. The third-order valence-electron chi connectivity index (χ3n) is 2.78. The van der Waals surface area contributed by atoms with Gasteiger partial charge >= 0.3 is 0 Å². The number of rotatable bonds is 4. The van der Waals surface area contributed by atoms with E-state index in [-0.39, 0.29) is 0 Å². The summed E-state index contributed by atoms with van der Waals surface area (Å²) in [6.45, 7) is 2.14. The van der Waals surface area contributed by atoms with E-state index < -0.39 is 0 Å². The van der Waals surface area contributed by atoms with Gasteiger partial charge < -0.3 is 0 Å². The van der Waals surface area contributed by atoms with E-state index in [4.69, 9.17) is 17.2 Å². The van der Waals surface area contributed by atoms with Crippen LogP contribution in [0.4, 0.5) is 0 Å². The van der Waals surface area contributed by atoms with Crippen LogP contribution in [0.15, 0.2) is 24.4 Å². The van der Waals surface area contributed by atoms with Gasteiger partial charge in [-0.25, -0.2) is 4.98 Å². The Hall–Kier alpha value is -1.86. The Bertz CT molecular complexity index is 756. The van der Waals surface area contributed by atoms with Crippen molar-refractivity contribution >= 4 is 23.6 Å². The topological polar surface area (TPSA) is 70.2 Å². The fourth-order valence-electron chi connectivity index (χ4n) is 1.92. The van der Waals surface area contributed by atoms with Crippen LogP contribution < -0.4 is 0 Å². The van der Waals surface area contributed by atoms with Crippen LogP contribution in [0.1, 0.15) is 19.0 Å². The van der Waals surface area contributed by atoms with Crippen LogP contribution in [0.2, 0.25) is 0 Å². The number of hydrogen-bond acceptors (Lipinski definition) is 5. The van der Waals surface area contributed by atoms with Crippen molar-refractivity contribution in [2.75, 3.05) is 0 Å². The largest absolute Gasteiger partial charge is 0.281 e. The first-order valence-corrected chi connectivity index (χ1v) is 7.56. The van der Waals surface area contributed by atoms with Crippen LogP contribution >= 0.6 is 23.6 Å². The third kappa shape index (κ3) is 2.54. The highest BCUT2D eigenvalue weighted by Gasteiger charge is 2.16. The lowest BCUT2D eigenvalue weighted by Gasteiger charge is -1.95. The predicted octanol–water partition coefficient (Wildman–Crippen LogP) is 3.61. The first-order valence-electron chi connectivity index (χ1n) is 6.34. The van der Waals surface area contributed by atoms with Crippen LogP contribution in [-0.4, -0.2) is 25.1 Å². The van der Waals surface area contributed by atoms with Crippen LogP contribution in [0, 0.1) is 4.77 Å². The minimum atomic E-state index is 0.454. The molecule has 3 heterocycles. The maximum absolute atomic E-state index is 5.02. The second-order valence-corrected chi connectivity index (χ2v) is 5.66. The Morgan fingerprint density at radius 1 is 1.25 bits per heavy atom. The van der Waals surface area contributed by atoms with E-state index in [9.17, 15) is 0 Å². The molecule has 0 atom stereocenters. The first kappa shape index (κ1) is 13.1. The lowest BCUT2D eigenvalue weighted by molar-refractivity contribution is 0.892. The van der Waals surface area contributed by atoms with Gasteiger partial charge in [-0.2, -0.15) is 4.98 Å². The number of aryl methyl sites for hydroxylation is 1. The molecule has 3 aromatic rings. The van der Waals surface area contributed by atoms with E-state index in [0.29, 0.717) is 4.77 Å². The van der Waals surface area contributed by atoms with Gasteiger partial charge in [0.15, 0.2) is 5.82 Å². The minimum absolute atomic E-state index is 0.454. The molecule has 3 aromatic heterocycles. The lowest BCUT2D eigenvalue weighted by atomic mass is 10.2. The first-order chi connectivity index (χ1) is 9.78. The van der Waals surface area contributed by atoms with Gasteiger partial charge in [-0.3, -0.25) is 15.2 Å². The Morgan fingerprint density at radius 2 is 2.15 bits per heavy atom. The number of pyridine rings is 1. The average molecular weight is 303 g/mol. The molecule has 0 aromatic carbocycles. The van der Waals surface area contributed by atoms with Crippen molar-refractivity contribution in [2.24, 2.45) is 0 Å². The number of nitrogens with zero attached hydrogens (tertiary/aromatic N) is 3. The highest BCUT2D eigenvalue weighted by atomic mass is 32.1. The zero-order valence-electron chi connectivity index (χ0n) is 10.9. The Kier molecular flexibility index (Phi) is 3.70. The summed E-state index contributed by atoms with van der Waals surface area (Å²) in [5, 5.41) is 6.73. The molecule has 0 saturated carbocycles. The van der Waals surface area contributed by atoms with E-state index in [0.717, 1.165) is 39.9 Å². The Morgan fingerprint density at radius 3 is 2.80 bits per heavy atom. The van der Waals surface area contributed by atoms with Crippen LogP contribution in [0.3, 0.4) is 0 Å². The maximum atomic E-state index is 5.02. The number of nitrogens with one attached hydrogen (secondary N) is 2. The van der Waals surface area contributed by atoms with Crippen molar-refractivity contribution in [3.8, 4) is 21.4 Å². The molecule has 0 aliphatic rings. The Balaban J connectivity index is 2.09. The number of H-pyrrole nitrogens is 2. The molecule has 0 amide bonds. The van der Waals surface area contributed by atoms with Gasteiger partial charge in [0.1, 0.15) is 5.01 Å². The fourth-order valence-corrected chi connectivity index (χ4v) is 3.10. The monoisotopic (exact) mass is 303 g/mol. The van der Waals surface area contributed by atoms with E-state index in [1.165, 1.54) is 0 Å². The fraction of sp³-hybridized carbons (Fsp3) is 0.231. The number of thiazole rings is 1. The maximum Gasteiger partial charge on any atom is 0.213 e. The number of hydrogen-bond donors (Lipinski definition) is 2. The molecule has 7 heteroatoms. The van der Waals surface area contributed by atoms with Crippen LogP contribution in [-0.2, 0) is 6.42 Å². The van der Waals surface area contributed by atoms with Crippen molar-refractivity contribution in [1.29, 1.82) is 0 Å². The summed E-state index contributed by atoms with van der Waals surface area (Å²) in [6.07, 6.45) is 3.72. The normalized spacial score (nSPS) is 10.8. The molecule has 102 valence electrons. The molecule has 20 heavy (non-hydrogen) atoms. The quantitative estimate of drug-likeness (QED) is 0.722. The van der Waals surface area contributed by atoms with Gasteiger partial charge in [-0.05, 0) is 30.8 Å². The minimum Gasteiger partial charge on any atom is -0.281 e. The van der Waals surface area contributed by atoms with Crippen molar-refractivity contribution in [1.82, 2.24) is 25.1 Å². The molecule has 0 fully saturated rings. The standard InChI is InChI=1S/C13H13N5S2/c1-2-5-8-10(11-16-13(19)18-17-11)20-12(15-8)9-6-3-4-7-14-9/h3-4,6-7H,2,5H2,1H3,(H2,16,17,18,19). The zero-order valence-corrected chi connectivity index (χ0v) is 12.5. The van der Waals surface area contributed by atoms with Gasteiger partial charge in [0.05, 0.1) is 16.3 Å². The van der Waals surface area contributed by atoms with Gasteiger partial charge in [0.25, 0.3) is 0 Å². The molecule has 0 radical (unpaired) electrons. The van der Waals surface area contributed by atoms with Gasteiger partial charge in [0.2, 0.25) is 4.77 Å². The molecule has 2 N–H and O–H groups in total. The van der Waals surface area contributed by atoms with Gasteiger partial charge in [-0.1, -0.05) is 19.4 Å². The van der Waals surface area contributed by atoms with E-state index >= 15 is 0 Å². The van der Waals surface area contributed by atoms with Crippen LogP contribution in [0.5, 0.6) is 0 Å². The van der Waals surface area contributed by atoms with E-state index in [2.05, 4.69) is 27.1 Å². The summed E-state index contributed by atoms with van der Waals surface area (Å²) in [5.41, 5.74) is 1.92. The molecule has 0 unspecified atom stereocenters. The number of aromatic nitrogens is 5. The summed E-state index contributed by atoms with van der Waals surface area (Å²) in [6, 6.07) is 5.83. The van der Waals surface area contributed by atoms with Crippen LogP contribution in [0.25, 0.3) is 21.4 Å². The number of aromatic amines is 2. The second-order valence-electron chi connectivity index (χ2n) is 4.28. The van der Waals surface area contributed by atoms with Crippen molar-refractivity contribution in [3.63, 3.8) is 0 Å². The molecule has 3 rings (SSSR count). The summed E-state index contributed by atoms with van der Waals surface area (Å²) >= 11 is 6.60. The molecule has 0 aliphatic carbocycles. The molecule has 0 spiro atoms. The van der Waals surface area contributed by atoms with E-state index in [1.54, 1.807) is 17.5 Å². The second kappa shape index (κ2) is 5.64. The van der Waals surface area contributed by atoms with Gasteiger partial charge in [0, 0.05) is 6.20 Å². The molecular weight excluding hydrogens is 290 g/mol. The SMILES string of the molecule is CCCc1nc(-c2ccccn2)sc1-c1nc(=S)[nH][nH]1. The average Bonchev–Trinajstić information content (AvgIpc) is 3.07. The molecule has 5 nitrogen and oxygen atoms in total. The Labute approximate surface area is 125 Å². The summed E-state index contributed by atoms with van der Waals surface area (Å²) in [7, 11) is 0. The van der Waals surface area contributed by atoms with Crippen molar-refractivity contribution in [2.45, 2.75) is 19.8 Å². The van der Waals surface area contributed by atoms with Crippen molar-refractivity contribution in [3.05, 3.63) is 34.9 Å². The highest BCUT2D eigenvalue weighted by Crippen LogP contribution is 2.33. The van der Waals surface area contributed by atoms with Crippen molar-refractivity contribution < 1.29 is 0 Å². The summed E-state index contributed by atoms with van der Waals surface area (Å²) < 4.78 is 0.454. The zero-order chi connectivity index (χ0) is 13.9. The molecular formula is C13H13N5S2. The molecule has 0 aliphatic heterocycles. The third-order valence-corrected chi connectivity index (χ3v) is 4.10. The highest BCUT2D eigenvalue weighted by molar-refractivity contribution is 7.71. The summed E-state index contributed by atoms with van der Waals surface area (Å²) in [4.78, 5) is 14.4. The molecule has 0 bridgehead atoms. The predicted molar refractivity (Wildman–Crippen MR) is 82.1 cm³/mol. The van der Waals surface area contributed by atoms with Gasteiger partial charge in [-0.15, -0.1) is 11.3 Å².